The van der Waals surface area contributed by atoms with E-state index in [1.54, 1.807) is 18.3 Å². The molecule has 0 saturated carbocycles. The van der Waals surface area contributed by atoms with Gasteiger partial charge in [0.2, 0.25) is 10.0 Å². The summed E-state index contributed by atoms with van der Waals surface area (Å²) in [5.74, 6) is 1.92. The van der Waals surface area contributed by atoms with E-state index >= 15 is 0 Å². The van der Waals surface area contributed by atoms with E-state index in [1.807, 2.05) is 30.3 Å². The smallest absolute Gasteiger partial charge is 0.213 e. The number of nitrogens with zero attached hydrogens (tertiary/aromatic N) is 2. The van der Waals surface area contributed by atoms with Crippen molar-refractivity contribution in [3.63, 3.8) is 0 Å². The Balaban J connectivity index is 0.00000392. The average Bonchev–Trinajstić information content (AvgIpc) is 2.68. The molecule has 1 aromatic carbocycles. The monoisotopic (exact) mass is 542 g/mol. The van der Waals surface area contributed by atoms with Crippen LogP contribution in [-0.2, 0) is 26.6 Å². The molecule has 1 saturated heterocycles. The van der Waals surface area contributed by atoms with E-state index in [0.717, 1.165) is 18.4 Å². The molecule has 1 aliphatic heterocycles. The number of guanidine groups is 1. The zero-order valence-corrected chi connectivity index (χ0v) is 20.4. The molecule has 1 unspecified atom stereocenters. The molecule has 0 spiro atoms. The molecule has 0 radical (unpaired) electrons. The Labute approximate surface area is 188 Å². The van der Waals surface area contributed by atoms with Crippen molar-refractivity contribution in [3.05, 3.63) is 35.9 Å². The first-order chi connectivity index (χ1) is 12.9. The molecule has 0 aromatic heterocycles. The molecule has 2 rings (SSSR count). The van der Waals surface area contributed by atoms with Crippen LogP contribution in [0.4, 0.5) is 0 Å². The largest absolute Gasteiger partial charge is 0.355 e. The number of rotatable bonds is 8. The molecule has 10 heteroatoms. The van der Waals surface area contributed by atoms with E-state index in [-0.39, 0.29) is 35.8 Å². The number of nitrogens with one attached hydrogen (secondary N) is 2. The maximum atomic E-state index is 12.2. The SMILES string of the molecule is CCS(=O)(=O)N1CCC(NC(=NC)NCCS(=O)Cc2ccccc2)CC1.I. The van der Waals surface area contributed by atoms with Crippen LogP contribution in [0, 0.1) is 0 Å². The van der Waals surface area contributed by atoms with E-state index < -0.39 is 20.8 Å². The highest BCUT2D eigenvalue weighted by molar-refractivity contribution is 14.0. The van der Waals surface area contributed by atoms with Gasteiger partial charge < -0.3 is 10.6 Å². The molecule has 0 aliphatic carbocycles. The first-order valence-corrected chi connectivity index (χ1v) is 12.4. The van der Waals surface area contributed by atoms with Gasteiger partial charge in [0.05, 0.1) is 5.75 Å². The van der Waals surface area contributed by atoms with Gasteiger partial charge in [0.1, 0.15) is 0 Å². The fraction of sp³-hybridized carbons (Fsp3) is 0.611. The van der Waals surface area contributed by atoms with Crippen LogP contribution < -0.4 is 10.6 Å². The number of benzene rings is 1. The Morgan fingerprint density at radius 2 is 1.89 bits per heavy atom. The minimum Gasteiger partial charge on any atom is -0.355 e. The molecule has 0 amide bonds. The van der Waals surface area contributed by atoms with Crippen molar-refractivity contribution in [1.82, 2.24) is 14.9 Å². The predicted octanol–water partition coefficient (Wildman–Crippen LogP) is 1.53. The molecular weight excluding hydrogens is 511 g/mol. The van der Waals surface area contributed by atoms with Crippen molar-refractivity contribution < 1.29 is 12.6 Å². The molecule has 1 fully saturated rings. The third kappa shape index (κ3) is 8.34. The quantitative estimate of drug-likeness (QED) is 0.296. The average molecular weight is 543 g/mol. The maximum Gasteiger partial charge on any atom is 0.213 e. The summed E-state index contributed by atoms with van der Waals surface area (Å²) in [5.41, 5.74) is 1.08. The van der Waals surface area contributed by atoms with Crippen molar-refractivity contribution >= 4 is 50.8 Å². The van der Waals surface area contributed by atoms with Gasteiger partial charge in [0, 0.05) is 55.0 Å². The second-order valence-corrected chi connectivity index (χ2v) is 10.3. The Morgan fingerprint density at radius 1 is 1.25 bits per heavy atom. The fourth-order valence-electron chi connectivity index (χ4n) is 2.96. The van der Waals surface area contributed by atoms with Crippen molar-refractivity contribution in [2.45, 2.75) is 31.6 Å². The lowest BCUT2D eigenvalue weighted by atomic mass is 10.1. The normalized spacial score (nSPS) is 17.6. The molecule has 2 N–H and O–H groups in total. The summed E-state index contributed by atoms with van der Waals surface area (Å²) in [6.07, 6.45) is 1.50. The van der Waals surface area contributed by atoms with Gasteiger partial charge in [0.15, 0.2) is 5.96 Å². The van der Waals surface area contributed by atoms with Gasteiger partial charge in [-0.05, 0) is 25.3 Å². The van der Waals surface area contributed by atoms with Crippen LogP contribution in [0.2, 0.25) is 0 Å². The minimum absolute atomic E-state index is 0. The molecule has 7 nitrogen and oxygen atoms in total. The highest BCUT2D eigenvalue weighted by Crippen LogP contribution is 2.14. The molecule has 0 bridgehead atoms. The third-order valence-corrected chi connectivity index (χ3v) is 7.77. The van der Waals surface area contributed by atoms with Gasteiger partial charge in [-0.25, -0.2) is 12.7 Å². The van der Waals surface area contributed by atoms with Crippen LogP contribution >= 0.6 is 24.0 Å². The fourth-order valence-corrected chi connectivity index (χ4v) is 5.14. The number of halogens is 1. The van der Waals surface area contributed by atoms with Crippen molar-refractivity contribution in [3.8, 4) is 0 Å². The number of aliphatic imine (C=N–C) groups is 1. The Hall–Kier alpha value is -0.720. The summed E-state index contributed by atoms with van der Waals surface area (Å²) in [6, 6.07) is 10.0. The molecule has 1 aromatic rings. The number of piperidine rings is 1. The first-order valence-electron chi connectivity index (χ1n) is 9.28. The van der Waals surface area contributed by atoms with Gasteiger partial charge in [0.25, 0.3) is 0 Å². The lowest BCUT2D eigenvalue weighted by Crippen LogP contribution is -2.50. The minimum atomic E-state index is -3.10. The standard InChI is InChI=1S/C18H30N4O3S2.HI/c1-3-27(24,25)22-12-9-17(10-13-22)21-18(19-2)20-11-14-26(23)15-16-7-5-4-6-8-16;/h4-8,17H,3,9-15H2,1-2H3,(H2,19,20,21);1H. The van der Waals surface area contributed by atoms with Gasteiger partial charge >= 0.3 is 0 Å². The predicted molar refractivity (Wildman–Crippen MR) is 127 cm³/mol. The van der Waals surface area contributed by atoms with Crippen LogP contribution in [0.25, 0.3) is 0 Å². The summed E-state index contributed by atoms with van der Waals surface area (Å²) < 4.78 is 37.6. The van der Waals surface area contributed by atoms with Crippen LogP contribution in [0.1, 0.15) is 25.3 Å². The van der Waals surface area contributed by atoms with E-state index in [9.17, 15) is 12.6 Å². The lowest BCUT2D eigenvalue weighted by molar-refractivity contribution is 0.306. The second-order valence-electron chi connectivity index (χ2n) is 6.49. The first kappa shape index (κ1) is 25.3. The molecule has 28 heavy (non-hydrogen) atoms. The van der Waals surface area contributed by atoms with E-state index in [2.05, 4.69) is 15.6 Å². The zero-order chi connectivity index (χ0) is 19.7. The van der Waals surface area contributed by atoms with E-state index in [0.29, 0.717) is 37.1 Å². The summed E-state index contributed by atoms with van der Waals surface area (Å²) in [6.45, 7) is 3.31. The van der Waals surface area contributed by atoms with Crippen molar-refractivity contribution in [2.75, 3.05) is 38.2 Å². The molecular formula is C18H31IN4O3S2. The summed E-state index contributed by atoms with van der Waals surface area (Å²) in [5, 5.41) is 6.54. The van der Waals surface area contributed by atoms with Crippen molar-refractivity contribution in [2.24, 2.45) is 4.99 Å². The molecule has 1 heterocycles. The Morgan fingerprint density at radius 3 is 2.46 bits per heavy atom. The molecule has 1 aliphatic rings. The van der Waals surface area contributed by atoms with Gasteiger partial charge in [-0.15, -0.1) is 24.0 Å². The summed E-state index contributed by atoms with van der Waals surface area (Å²) in [7, 11) is -2.33. The van der Waals surface area contributed by atoms with Crippen LogP contribution in [0.3, 0.4) is 0 Å². The van der Waals surface area contributed by atoms with Crippen LogP contribution in [0.5, 0.6) is 0 Å². The maximum absolute atomic E-state index is 12.2. The van der Waals surface area contributed by atoms with Gasteiger partial charge in [-0.2, -0.15) is 0 Å². The number of hydrogen-bond donors (Lipinski definition) is 2. The van der Waals surface area contributed by atoms with Crippen molar-refractivity contribution in [1.29, 1.82) is 0 Å². The number of hydrogen-bond acceptors (Lipinski definition) is 4. The van der Waals surface area contributed by atoms with E-state index in [4.69, 9.17) is 0 Å². The van der Waals surface area contributed by atoms with Gasteiger partial charge in [-0.1, -0.05) is 30.3 Å². The highest BCUT2D eigenvalue weighted by atomic mass is 127. The summed E-state index contributed by atoms with van der Waals surface area (Å²) >= 11 is 0. The van der Waals surface area contributed by atoms with Gasteiger partial charge in [-0.3, -0.25) is 9.20 Å². The topological polar surface area (TPSA) is 90.9 Å². The van der Waals surface area contributed by atoms with Crippen LogP contribution in [-0.4, -0.2) is 67.1 Å². The Bertz CT molecular complexity index is 736. The number of sulfonamides is 1. The second kappa shape index (κ2) is 12.8. The summed E-state index contributed by atoms with van der Waals surface area (Å²) in [4.78, 5) is 4.21. The molecule has 160 valence electrons. The van der Waals surface area contributed by atoms with E-state index in [1.165, 1.54) is 0 Å². The third-order valence-electron chi connectivity index (χ3n) is 4.57. The lowest BCUT2D eigenvalue weighted by Gasteiger charge is -2.32. The molecule has 1 atom stereocenters. The zero-order valence-electron chi connectivity index (χ0n) is 16.5. The Kier molecular flexibility index (Phi) is 11.5. The van der Waals surface area contributed by atoms with Crippen LogP contribution in [0.15, 0.2) is 35.3 Å². The highest BCUT2D eigenvalue weighted by Gasteiger charge is 2.26.